The number of carbonyl (C=O) groups excluding carboxylic acids is 1. The molecule has 2 heterocycles. The van der Waals surface area contributed by atoms with Crippen molar-refractivity contribution in [3.8, 4) is 0 Å². The summed E-state index contributed by atoms with van der Waals surface area (Å²) in [5, 5.41) is 4.63. The van der Waals surface area contributed by atoms with Gasteiger partial charge in [-0.05, 0) is 48.9 Å². The van der Waals surface area contributed by atoms with Crippen molar-refractivity contribution >= 4 is 48.9 Å². The van der Waals surface area contributed by atoms with E-state index in [0.717, 1.165) is 40.0 Å². The number of halogens is 1. The Morgan fingerprint density at radius 1 is 1.42 bits per heavy atom. The van der Waals surface area contributed by atoms with E-state index >= 15 is 0 Å². The van der Waals surface area contributed by atoms with Gasteiger partial charge in [-0.15, -0.1) is 11.3 Å². The minimum atomic E-state index is -0.406. The maximum absolute atomic E-state index is 13.3. The zero-order valence-electron chi connectivity index (χ0n) is 13.1. The molecule has 4 rings (SSSR count). The van der Waals surface area contributed by atoms with Crippen LogP contribution < -0.4 is 11.1 Å². The van der Waals surface area contributed by atoms with Crippen LogP contribution in [0, 0.1) is 11.7 Å². The third-order valence-electron chi connectivity index (χ3n) is 4.33. The first kappa shape index (κ1) is 15.5. The fourth-order valence-corrected chi connectivity index (χ4v) is 5.52. The van der Waals surface area contributed by atoms with Crippen molar-refractivity contribution in [2.75, 3.05) is 5.32 Å². The van der Waals surface area contributed by atoms with Gasteiger partial charge in [0.1, 0.15) is 10.8 Å². The predicted octanol–water partition coefficient (Wildman–Crippen LogP) is 4.46. The van der Waals surface area contributed by atoms with Crippen molar-refractivity contribution in [3.05, 3.63) is 40.0 Å². The van der Waals surface area contributed by atoms with Crippen LogP contribution in [0.15, 0.2) is 18.2 Å². The minimum absolute atomic E-state index is 0.281. The largest absolute Gasteiger partial charge is 0.365 e. The number of amides is 1. The number of hydrogen-bond donors (Lipinski definition) is 2. The van der Waals surface area contributed by atoms with E-state index in [1.54, 1.807) is 17.4 Å². The summed E-state index contributed by atoms with van der Waals surface area (Å²) in [4.78, 5) is 17.7. The maximum atomic E-state index is 13.3. The molecular weight excluding hydrogens is 345 g/mol. The smallest absolute Gasteiger partial charge is 0.251 e. The van der Waals surface area contributed by atoms with Crippen LogP contribution >= 0.6 is 22.7 Å². The lowest BCUT2D eigenvalue weighted by Crippen LogP contribution is -2.17. The summed E-state index contributed by atoms with van der Waals surface area (Å²) < 4.78 is 14.1. The fourth-order valence-electron chi connectivity index (χ4n) is 3.15. The quantitative estimate of drug-likeness (QED) is 0.723. The third-order valence-corrected chi connectivity index (χ3v) is 6.43. The zero-order chi connectivity index (χ0) is 16.8. The second-order valence-corrected chi connectivity index (χ2v) is 8.31. The Kier molecular flexibility index (Phi) is 3.77. The topological polar surface area (TPSA) is 68.0 Å². The van der Waals surface area contributed by atoms with Gasteiger partial charge >= 0.3 is 0 Å². The lowest BCUT2D eigenvalue weighted by atomic mass is 9.88. The number of nitrogens with one attached hydrogen (secondary N) is 1. The molecule has 0 aliphatic heterocycles. The van der Waals surface area contributed by atoms with E-state index in [2.05, 4.69) is 17.2 Å². The molecule has 4 nitrogen and oxygen atoms in total. The molecule has 0 radical (unpaired) electrons. The monoisotopic (exact) mass is 361 g/mol. The van der Waals surface area contributed by atoms with Crippen molar-refractivity contribution in [2.45, 2.75) is 26.2 Å². The van der Waals surface area contributed by atoms with Crippen molar-refractivity contribution in [1.29, 1.82) is 0 Å². The highest BCUT2D eigenvalue weighted by Gasteiger charge is 2.26. The molecule has 2 aromatic heterocycles. The van der Waals surface area contributed by atoms with E-state index in [9.17, 15) is 9.18 Å². The number of nitrogens with zero attached hydrogens (tertiary/aromatic N) is 1. The molecule has 0 saturated heterocycles. The maximum Gasteiger partial charge on any atom is 0.251 e. The van der Waals surface area contributed by atoms with E-state index in [4.69, 9.17) is 5.73 Å². The highest BCUT2D eigenvalue weighted by molar-refractivity contribution is 7.23. The van der Waals surface area contributed by atoms with Crippen LogP contribution in [-0.4, -0.2) is 10.9 Å². The number of nitrogens with two attached hydrogens (primary N) is 1. The first-order valence-corrected chi connectivity index (χ1v) is 9.42. The van der Waals surface area contributed by atoms with Gasteiger partial charge in [-0.3, -0.25) is 4.79 Å². The van der Waals surface area contributed by atoms with E-state index < -0.39 is 5.91 Å². The Labute approximate surface area is 146 Å². The molecule has 3 N–H and O–H groups in total. The van der Waals surface area contributed by atoms with Crippen molar-refractivity contribution in [1.82, 2.24) is 4.98 Å². The Balaban J connectivity index is 1.74. The normalized spacial score (nSPS) is 17.0. The summed E-state index contributed by atoms with van der Waals surface area (Å²) in [6.07, 6.45) is 2.94. The zero-order valence-corrected chi connectivity index (χ0v) is 14.7. The molecule has 1 aromatic carbocycles. The molecule has 0 saturated carbocycles. The molecule has 1 amide bonds. The van der Waals surface area contributed by atoms with Gasteiger partial charge in [0.2, 0.25) is 0 Å². The van der Waals surface area contributed by atoms with Gasteiger partial charge in [-0.1, -0.05) is 18.3 Å². The summed E-state index contributed by atoms with van der Waals surface area (Å²) in [5.41, 5.74) is 8.04. The number of aromatic nitrogens is 1. The number of fused-ring (bicyclic) bond motifs is 2. The second-order valence-electron chi connectivity index (χ2n) is 6.18. The summed E-state index contributed by atoms with van der Waals surface area (Å²) >= 11 is 2.95. The van der Waals surface area contributed by atoms with Gasteiger partial charge in [-0.2, -0.15) is 0 Å². The number of benzene rings is 1. The third kappa shape index (κ3) is 2.67. The number of rotatable bonds is 3. The van der Waals surface area contributed by atoms with Gasteiger partial charge in [-0.25, -0.2) is 9.37 Å². The van der Waals surface area contributed by atoms with Crippen LogP contribution in [-0.2, 0) is 12.8 Å². The van der Waals surface area contributed by atoms with Crippen molar-refractivity contribution in [2.24, 2.45) is 11.7 Å². The first-order valence-electron chi connectivity index (χ1n) is 7.78. The van der Waals surface area contributed by atoms with E-state index in [-0.39, 0.29) is 5.82 Å². The van der Waals surface area contributed by atoms with Gasteiger partial charge < -0.3 is 11.1 Å². The summed E-state index contributed by atoms with van der Waals surface area (Å²) in [7, 11) is 0. The molecule has 1 aliphatic carbocycles. The van der Waals surface area contributed by atoms with E-state index in [1.165, 1.54) is 28.3 Å². The van der Waals surface area contributed by atoms with Gasteiger partial charge in [0.15, 0.2) is 5.13 Å². The van der Waals surface area contributed by atoms with Crippen LogP contribution in [0.25, 0.3) is 10.2 Å². The van der Waals surface area contributed by atoms with Crippen molar-refractivity contribution < 1.29 is 9.18 Å². The second kappa shape index (κ2) is 5.82. The number of thiazole rings is 1. The molecule has 3 aromatic rings. The summed E-state index contributed by atoms with van der Waals surface area (Å²) in [6, 6.07) is 4.52. The minimum Gasteiger partial charge on any atom is -0.365 e. The number of anilines is 2. The lowest BCUT2D eigenvalue weighted by Gasteiger charge is -2.18. The van der Waals surface area contributed by atoms with E-state index in [1.807, 2.05) is 0 Å². The predicted molar refractivity (Wildman–Crippen MR) is 96.9 cm³/mol. The van der Waals surface area contributed by atoms with Gasteiger partial charge in [0, 0.05) is 4.88 Å². The average Bonchev–Trinajstić information content (AvgIpc) is 3.06. The van der Waals surface area contributed by atoms with Crippen LogP contribution in [0.3, 0.4) is 0 Å². The van der Waals surface area contributed by atoms with Gasteiger partial charge in [0.05, 0.1) is 15.8 Å². The van der Waals surface area contributed by atoms with Crippen LogP contribution in [0.5, 0.6) is 0 Å². The highest BCUT2D eigenvalue weighted by atomic mass is 32.1. The average molecular weight is 361 g/mol. The fraction of sp³-hybridized carbons (Fsp3) is 0.294. The van der Waals surface area contributed by atoms with Gasteiger partial charge in [0.25, 0.3) is 5.91 Å². The standard InChI is InChI=1S/C17H16FN3OS2/c1-8-2-4-10-12(6-8)23-16(14(10)15(19)22)21-17-20-11-5-3-9(18)7-13(11)24-17/h3,5,7-8H,2,4,6H2,1H3,(H2,19,22)(H,20,21). The molecule has 1 aliphatic rings. The molecule has 0 fully saturated rings. The molecule has 24 heavy (non-hydrogen) atoms. The number of carbonyl (C=O) groups is 1. The molecule has 1 atom stereocenters. The molecule has 7 heteroatoms. The molecule has 0 spiro atoms. The Morgan fingerprint density at radius 3 is 3.04 bits per heavy atom. The Hall–Kier alpha value is -1.99. The number of hydrogen-bond acceptors (Lipinski definition) is 5. The van der Waals surface area contributed by atoms with E-state index in [0.29, 0.717) is 16.6 Å². The molecule has 0 bridgehead atoms. The highest BCUT2D eigenvalue weighted by Crippen LogP contribution is 2.41. The number of primary amides is 1. The lowest BCUT2D eigenvalue weighted by molar-refractivity contribution is 0.1000. The molecule has 1 unspecified atom stereocenters. The first-order chi connectivity index (χ1) is 11.5. The molecule has 124 valence electrons. The summed E-state index contributed by atoms with van der Waals surface area (Å²) in [6.45, 7) is 2.22. The van der Waals surface area contributed by atoms with Crippen LogP contribution in [0.4, 0.5) is 14.5 Å². The van der Waals surface area contributed by atoms with Crippen LogP contribution in [0.1, 0.15) is 34.1 Å². The molecular formula is C17H16FN3OS2. The van der Waals surface area contributed by atoms with Crippen LogP contribution in [0.2, 0.25) is 0 Å². The number of thiophene rings is 1. The summed E-state index contributed by atoms with van der Waals surface area (Å²) in [5.74, 6) is -0.0667. The van der Waals surface area contributed by atoms with Crippen molar-refractivity contribution in [3.63, 3.8) is 0 Å². The Bertz CT molecular complexity index is 947. The SMILES string of the molecule is CC1CCc2c(sc(Nc3nc4ccc(F)cc4s3)c2C(N)=O)C1. The Morgan fingerprint density at radius 2 is 2.25 bits per heavy atom.